The van der Waals surface area contributed by atoms with E-state index in [-0.39, 0.29) is 4.90 Å². The van der Waals surface area contributed by atoms with Gasteiger partial charge in [-0.2, -0.15) is 0 Å². The van der Waals surface area contributed by atoms with Crippen molar-refractivity contribution >= 4 is 31.7 Å². The lowest BCUT2D eigenvalue weighted by Gasteiger charge is -2.13. The van der Waals surface area contributed by atoms with Crippen molar-refractivity contribution in [2.75, 3.05) is 0 Å². The van der Waals surface area contributed by atoms with Crippen molar-refractivity contribution in [2.45, 2.75) is 30.5 Å². The number of nitrogens with one attached hydrogen (secondary N) is 1. The number of halogens is 1. The maximum atomic E-state index is 12.5. The van der Waals surface area contributed by atoms with Gasteiger partial charge >= 0.3 is 0 Å². The molecular weight excluding hydrogens is 378 g/mol. The van der Waals surface area contributed by atoms with Crippen LogP contribution in [0.5, 0.6) is 0 Å². The first-order valence-corrected chi connectivity index (χ1v) is 9.47. The predicted octanol–water partition coefficient (Wildman–Crippen LogP) is 3.24. The molecule has 1 atom stereocenters. The summed E-state index contributed by atoms with van der Waals surface area (Å²) < 4.78 is 25.7. The lowest BCUT2D eigenvalue weighted by molar-refractivity contribution is -0.120. The highest BCUT2D eigenvalue weighted by molar-refractivity contribution is 9.10. The molecule has 0 aliphatic heterocycles. The summed E-state index contributed by atoms with van der Waals surface area (Å²) in [5.74, 6) is -0.506. The van der Waals surface area contributed by atoms with Crippen molar-refractivity contribution in [2.24, 2.45) is 0 Å². The second-order valence-corrected chi connectivity index (χ2v) is 8.53. The summed E-state index contributed by atoms with van der Waals surface area (Å²) in [5.41, 5.74) is 2.06. The van der Waals surface area contributed by atoms with E-state index in [1.54, 1.807) is 12.1 Å². The number of hydrogen-bond acceptors (Lipinski definition) is 3. The molecule has 0 radical (unpaired) electrons. The maximum Gasteiger partial charge on any atom is 0.238 e. The monoisotopic (exact) mass is 395 g/mol. The zero-order valence-electron chi connectivity index (χ0n) is 12.9. The summed E-state index contributed by atoms with van der Waals surface area (Å²) in [5, 5.41) is 1.53. The Balaban J connectivity index is 2.06. The molecule has 6 heteroatoms. The van der Waals surface area contributed by atoms with Gasteiger partial charge in [0.15, 0.2) is 9.84 Å². The van der Waals surface area contributed by atoms with Crippen LogP contribution in [0.25, 0.3) is 0 Å². The molecule has 1 N–H and O–H groups in total. The largest absolute Gasteiger partial charge is 0.351 e. The highest BCUT2D eigenvalue weighted by Crippen LogP contribution is 2.19. The van der Waals surface area contributed by atoms with Gasteiger partial charge in [0.25, 0.3) is 0 Å². The molecule has 0 bridgehead atoms. The first kappa shape index (κ1) is 17.7. The minimum absolute atomic E-state index is 0.138. The number of carbonyl (C=O) groups is 1. The summed E-state index contributed by atoms with van der Waals surface area (Å²) in [6, 6.07) is 14.0. The molecule has 0 aliphatic rings. The SMILES string of the molecule is Cc1ccc(CNC(=O)C(C)S(=O)(=O)c2ccc(Br)cc2)cc1. The molecule has 0 aromatic heterocycles. The van der Waals surface area contributed by atoms with Gasteiger partial charge in [-0.15, -0.1) is 0 Å². The van der Waals surface area contributed by atoms with Gasteiger partial charge in [0.1, 0.15) is 5.25 Å². The van der Waals surface area contributed by atoms with Crippen molar-refractivity contribution < 1.29 is 13.2 Å². The van der Waals surface area contributed by atoms with E-state index in [0.717, 1.165) is 15.6 Å². The molecular formula is C17H18BrNO3S. The lowest BCUT2D eigenvalue weighted by atomic mass is 10.1. The van der Waals surface area contributed by atoms with E-state index in [0.29, 0.717) is 6.54 Å². The smallest absolute Gasteiger partial charge is 0.238 e. The molecule has 0 aliphatic carbocycles. The topological polar surface area (TPSA) is 63.2 Å². The van der Waals surface area contributed by atoms with E-state index in [1.807, 2.05) is 31.2 Å². The summed E-state index contributed by atoms with van der Waals surface area (Å²) in [4.78, 5) is 12.3. The third-order valence-electron chi connectivity index (χ3n) is 3.56. The summed E-state index contributed by atoms with van der Waals surface area (Å²) in [6.45, 7) is 3.69. The fourth-order valence-corrected chi connectivity index (χ4v) is 3.56. The number of sulfone groups is 1. The number of amides is 1. The highest BCUT2D eigenvalue weighted by Gasteiger charge is 2.29. The van der Waals surface area contributed by atoms with Gasteiger partial charge in [-0.3, -0.25) is 4.79 Å². The van der Waals surface area contributed by atoms with Crippen LogP contribution in [0.3, 0.4) is 0 Å². The van der Waals surface area contributed by atoms with Crippen molar-refractivity contribution in [3.63, 3.8) is 0 Å². The molecule has 2 aromatic carbocycles. The first-order chi connectivity index (χ1) is 10.8. The highest BCUT2D eigenvalue weighted by atomic mass is 79.9. The van der Waals surface area contributed by atoms with Crippen LogP contribution in [-0.4, -0.2) is 19.6 Å². The number of hydrogen-bond donors (Lipinski definition) is 1. The number of aryl methyl sites for hydroxylation is 1. The minimum Gasteiger partial charge on any atom is -0.351 e. The summed E-state index contributed by atoms with van der Waals surface area (Å²) >= 11 is 3.26. The Morgan fingerprint density at radius 3 is 2.22 bits per heavy atom. The Morgan fingerprint density at radius 2 is 1.65 bits per heavy atom. The minimum atomic E-state index is -3.70. The standard InChI is InChI=1S/C17H18BrNO3S/c1-12-3-5-14(6-4-12)11-19-17(20)13(2)23(21,22)16-9-7-15(18)8-10-16/h3-10,13H,11H2,1-2H3,(H,19,20). The van der Waals surface area contributed by atoms with Gasteiger partial charge in [-0.25, -0.2) is 8.42 Å². The van der Waals surface area contributed by atoms with Crippen LogP contribution in [0.4, 0.5) is 0 Å². The fourth-order valence-electron chi connectivity index (χ4n) is 2.01. The molecule has 0 fully saturated rings. The van der Waals surface area contributed by atoms with Gasteiger partial charge in [0.2, 0.25) is 5.91 Å². The van der Waals surface area contributed by atoms with E-state index in [9.17, 15) is 13.2 Å². The Bertz CT molecular complexity index is 784. The van der Waals surface area contributed by atoms with Crippen LogP contribution >= 0.6 is 15.9 Å². The number of rotatable bonds is 5. The first-order valence-electron chi connectivity index (χ1n) is 7.13. The molecule has 1 unspecified atom stereocenters. The Hall–Kier alpha value is -1.66. The van der Waals surface area contributed by atoms with Crippen LogP contribution in [0.2, 0.25) is 0 Å². The summed E-state index contributed by atoms with van der Waals surface area (Å²) in [6.07, 6.45) is 0. The molecule has 0 spiro atoms. The third kappa shape index (κ3) is 4.42. The van der Waals surface area contributed by atoms with E-state index in [2.05, 4.69) is 21.2 Å². The van der Waals surface area contributed by atoms with Gasteiger partial charge in [-0.05, 0) is 43.7 Å². The normalized spacial score (nSPS) is 12.7. The number of benzene rings is 2. The molecule has 0 saturated carbocycles. The molecule has 2 rings (SSSR count). The average molecular weight is 396 g/mol. The van der Waals surface area contributed by atoms with E-state index >= 15 is 0 Å². The molecule has 0 heterocycles. The van der Waals surface area contributed by atoms with Crippen LogP contribution < -0.4 is 5.32 Å². The van der Waals surface area contributed by atoms with Crippen molar-refractivity contribution in [3.05, 3.63) is 64.1 Å². The zero-order valence-corrected chi connectivity index (χ0v) is 15.3. The second-order valence-electron chi connectivity index (χ2n) is 5.34. The quantitative estimate of drug-likeness (QED) is 0.844. The molecule has 122 valence electrons. The second kappa shape index (κ2) is 7.27. The van der Waals surface area contributed by atoms with Gasteiger partial charge in [0.05, 0.1) is 4.90 Å². The zero-order chi connectivity index (χ0) is 17.0. The molecule has 1 amide bonds. The third-order valence-corrected chi connectivity index (χ3v) is 6.17. The van der Waals surface area contributed by atoms with E-state index in [1.165, 1.54) is 19.1 Å². The maximum absolute atomic E-state index is 12.5. The fraction of sp³-hybridized carbons (Fsp3) is 0.235. The van der Waals surface area contributed by atoms with Gasteiger partial charge in [0, 0.05) is 11.0 Å². The molecule has 23 heavy (non-hydrogen) atoms. The summed E-state index contributed by atoms with van der Waals surface area (Å²) in [7, 11) is -3.70. The average Bonchev–Trinajstić information content (AvgIpc) is 2.53. The molecule has 2 aromatic rings. The van der Waals surface area contributed by atoms with E-state index in [4.69, 9.17) is 0 Å². The van der Waals surface area contributed by atoms with Crippen molar-refractivity contribution in [1.29, 1.82) is 0 Å². The van der Waals surface area contributed by atoms with Gasteiger partial charge in [-0.1, -0.05) is 45.8 Å². The van der Waals surface area contributed by atoms with Crippen molar-refractivity contribution in [1.82, 2.24) is 5.32 Å². The van der Waals surface area contributed by atoms with Gasteiger partial charge < -0.3 is 5.32 Å². The Morgan fingerprint density at radius 1 is 1.09 bits per heavy atom. The van der Waals surface area contributed by atoms with Crippen LogP contribution in [0.15, 0.2) is 57.9 Å². The van der Waals surface area contributed by atoms with Crippen LogP contribution in [0.1, 0.15) is 18.1 Å². The Labute approximate surface area is 145 Å². The van der Waals surface area contributed by atoms with Crippen LogP contribution in [0, 0.1) is 6.92 Å². The lowest BCUT2D eigenvalue weighted by Crippen LogP contribution is -2.37. The van der Waals surface area contributed by atoms with Crippen LogP contribution in [-0.2, 0) is 21.2 Å². The molecule has 0 saturated heterocycles. The molecule has 4 nitrogen and oxygen atoms in total. The van der Waals surface area contributed by atoms with E-state index < -0.39 is 21.0 Å². The van der Waals surface area contributed by atoms with Crippen molar-refractivity contribution in [3.8, 4) is 0 Å². The predicted molar refractivity (Wildman–Crippen MR) is 93.8 cm³/mol. The Kier molecular flexibility index (Phi) is 5.59. The number of carbonyl (C=O) groups excluding carboxylic acids is 1.